The molecule has 3 unspecified atom stereocenters. The number of likely N-dealkylation sites (tertiary alicyclic amines) is 1. The van der Waals surface area contributed by atoms with Crippen molar-refractivity contribution >= 4 is 5.91 Å². The van der Waals surface area contributed by atoms with Gasteiger partial charge in [0.2, 0.25) is 5.91 Å². The minimum absolute atomic E-state index is 0.0254. The van der Waals surface area contributed by atoms with Crippen LogP contribution in [-0.2, 0) is 11.2 Å². The highest BCUT2D eigenvalue weighted by molar-refractivity contribution is 5.79. The van der Waals surface area contributed by atoms with Crippen LogP contribution in [0, 0.1) is 23.5 Å². The average Bonchev–Trinajstić information content (AvgIpc) is 2.89. The standard InChI is InChI=1S/C16H20F2N2O/c17-13-5-4-10(6-14(13)18)7-16(21)20-8-11-2-1-3-15(19)12(11)9-20/h4-6,11-12,15H,1-3,7-9,19H2. The molecule has 0 spiro atoms. The second-order valence-corrected chi connectivity index (χ2v) is 6.24. The minimum Gasteiger partial charge on any atom is -0.342 e. The first-order valence-corrected chi connectivity index (χ1v) is 7.52. The monoisotopic (exact) mass is 294 g/mol. The molecule has 0 aromatic heterocycles. The second kappa shape index (κ2) is 5.72. The third-order valence-electron chi connectivity index (χ3n) is 4.85. The fourth-order valence-electron chi connectivity index (χ4n) is 3.66. The van der Waals surface area contributed by atoms with Crippen LogP contribution in [0.1, 0.15) is 24.8 Å². The van der Waals surface area contributed by atoms with E-state index < -0.39 is 11.6 Å². The number of nitrogens with zero attached hydrogens (tertiary/aromatic N) is 1. The molecule has 2 aliphatic rings. The van der Waals surface area contributed by atoms with Crippen molar-refractivity contribution in [3.8, 4) is 0 Å². The molecular formula is C16H20F2N2O. The summed E-state index contributed by atoms with van der Waals surface area (Å²) in [5, 5.41) is 0. The molecule has 21 heavy (non-hydrogen) atoms. The Hall–Kier alpha value is -1.49. The van der Waals surface area contributed by atoms with E-state index in [9.17, 15) is 13.6 Å². The first kappa shape index (κ1) is 14.4. The predicted molar refractivity (Wildman–Crippen MR) is 75.4 cm³/mol. The lowest BCUT2D eigenvalue weighted by Crippen LogP contribution is -2.38. The molecule has 1 aromatic rings. The molecule has 3 atom stereocenters. The lowest BCUT2D eigenvalue weighted by Gasteiger charge is -2.29. The van der Waals surface area contributed by atoms with Crippen molar-refractivity contribution in [2.75, 3.05) is 13.1 Å². The molecule has 2 fully saturated rings. The van der Waals surface area contributed by atoms with Gasteiger partial charge in [0.1, 0.15) is 0 Å². The van der Waals surface area contributed by atoms with E-state index in [1.54, 1.807) is 0 Å². The summed E-state index contributed by atoms with van der Waals surface area (Å²) >= 11 is 0. The van der Waals surface area contributed by atoms with Gasteiger partial charge in [0, 0.05) is 19.1 Å². The van der Waals surface area contributed by atoms with Gasteiger partial charge in [-0.3, -0.25) is 4.79 Å². The summed E-state index contributed by atoms with van der Waals surface area (Å²) in [4.78, 5) is 14.2. The highest BCUT2D eigenvalue weighted by Gasteiger charge is 2.40. The number of nitrogens with two attached hydrogens (primary N) is 1. The molecule has 1 aliphatic carbocycles. The van der Waals surface area contributed by atoms with Gasteiger partial charge in [0.25, 0.3) is 0 Å². The van der Waals surface area contributed by atoms with Gasteiger partial charge in [-0.2, -0.15) is 0 Å². The van der Waals surface area contributed by atoms with E-state index >= 15 is 0 Å². The maximum Gasteiger partial charge on any atom is 0.227 e. The Morgan fingerprint density at radius 3 is 2.76 bits per heavy atom. The number of carbonyl (C=O) groups is 1. The Morgan fingerprint density at radius 1 is 1.24 bits per heavy atom. The molecule has 5 heteroatoms. The number of amides is 1. The average molecular weight is 294 g/mol. The molecule has 0 bridgehead atoms. The molecule has 1 saturated heterocycles. The van der Waals surface area contributed by atoms with Crippen molar-refractivity contribution < 1.29 is 13.6 Å². The number of fused-ring (bicyclic) bond motifs is 1. The van der Waals surface area contributed by atoms with Crippen molar-refractivity contribution in [1.82, 2.24) is 4.90 Å². The molecule has 1 amide bonds. The van der Waals surface area contributed by atoms with Gasteiger partial charge >= 0.3 is 0 Å². The summed E-state index contributed by atoms with van der Waals surface area (Å²) in [5.74, 6) is -0.917. The van der Waals surface area contributed by atoms with E-state index in [1.165, 1.54) is 6.07 Å². The van der Waals surface area contributed by atoms with Gasteiger partial charge in [0.05, 0.1) is 6.42 Å². The Kier molecular flexibility index (Phi) is 3.93. The van der Waals surface area contributed by atoms with Crippen LogP contribution in [-0.4, -0.2) is 29.9 Å². The summed E-state index contributed by atoms with van der Waals surface area (Å²) in [6.07, 6.45) is 3.42. The van der Waals surface area contributed by atoms with E-state index in [4.69, 9.17) is 5.73 Å². The lowest BCUT2D eigenvalue weighted by molar-refractivity contribution is -0.129. The molecular weight excluding hydrogens is 274 g/mol. The third kappa shape index (κ3) is 2.93. The van der Waals surface area contributed by atoms with Gasteiger partial charge in [-0.15, -0.1) is 0 Å². The zero-order valence-corrected chi connectivity index (χ0v) is 11.9. The van der Waals surface area contributed by atoms with Crippen LogP contribution in [0.5, 0.6) is 0 Å². The van der Waals surface area contributed by atoms with Crippen LogP contribution in [0.4, 0.5) is 8.78 Å². The Labute approximate surface area is 123 Å². The first-order chi connectivity index (χ1) is 10.0. The molecule has 1 aromatic carbocycles. The first-order valence-electron chi connectivity index (χ1n) is 7.52. The second-order valence-electron chi connectivity index (χ2n) is 6.24. The van der Waals surface area contributed by atoms with Gasteiger partial charge in [0.15, 0.2) is 11.6 Å². The van der Waals surface area contributed by atoms with E-state index in [0.29, 0.717) is 23.9 Å². The molecule has 3 nitrogen and oxygen atoms in total. The summed E-state index contributed by atoms with van der Waals surface area (Å²) in [7, 11) is 0. The number of carbonyl (C=O) groups excluding carboxylic acids is 1. The number of halogens is 2. The van der Waals surface area contributed by atoms with Crippen LogP contribution in [0.2, 0.25) is 0 Å². The van der Waals surface area contributed by atoms with Crippen LogP contribution in [0.15, 0.2) is 18.2 Å². The van der Waals surface area contributed by atoms with Gasteiger partial charge < -0.3 is 10.6 Å². The zero-order valence-electron chi connectivity index (χ0n) is 11.9. The molecule has 2 N–H and O–H groups in total. The van der Waals surface area contributed by atoms with E-state index in [0.717, 1.165) is 37.9 Å². The van der Waals surface area contributed by atoms with Crippen LogP contribution < -0.4 is 5.73 Å². The summed E-state index contributed by atoms with van der Waals surface area (Å²) in [5.41, 5.74) is 6.65. The smallest absolute Gasteiger partial charge is 0.227 e. The Morgan fingerprint density at radius 2 is 2.05 bits per heavy atom. The number of benzene rings is 1. The minimum atomic E-state index is -0.905. The quantitative estimate of drug-likeness (QED) is 0.908. The maximum atomic E-state index is 13.2. The van der Waals surface area contributed by atoms with E-state index in [-0.39, 0.29) is 18.4 Å². The van der Waals surface area contributed by atoms with Crippen molar-refractivity contribution in [1.29, 1.82) is 0 Å². The van der Waals surface area contributed by atoms with Crippen LogP contribution in [0.25, 0.3) is 0 Å². The number of hydrogen-bond acceptors (Lipinski definition) is 2. The molecule has 1 saturated carbocycles. The SMILES string of the molecule is NC1CCCC2CN(C(=O)Cc3ccc(F)c(F)c3)CC12. The topological polar surface area (TPSA) is 46.3 Å². The van der Waals surface area contributed by atoms with Gasteiger partial charge in [-0.25, -0.2) is 8.78 Å². The summed E-state index contributed by atoms with van der Waals surface area (Å²) in [6, 6.07) is 3.81. The Bertz CT molecular complexity index is 549. The van der Waals surface area contributed by atoms with E-state index in [2.05, 4.69) is 0 Å². The fraction of sp³-hybridized carbons (Fsp3) is 0.562. The predicted octanol–water partition coefficient (Wildman–Crippen LogP) is 2.09. The highest BCUT2D eigenvalue weighted by atomic mass is 19.2. The van der Waals surface area contributed by atoms with Crippen molar-refractivity contribution in [3.63, 3.8) is 0 Å². The normalized spacial score (nSPS) is 28.5. The molecule has 1 heterocycles. The summed E-state index contributed by atoms with van der Waals surface area (Å²) in [6.45, 7) is 1.45. The number of hydrogen-bond donors (Lipinski definition) is 1. The van der Waals surface area contributed by atoms with Crippen molar-refractivity contribution in [3.05, 3.63) is 35.4 Å². The molecule has 1 aliphatic heterocycles. The zero-order chi connectivity index (χ0) is 15.0. The van der Waals surface area contributed by atoms with E-state index in [1.807, 2.05) is 4.90 Å². The maximum absolute atomic E-state index is 13.2. The fourth-order valence-corrected chi connectivity index (χ4v) is 3.66. The molecule has 3 rings (SSSR count). The third-order valence-corrected chi connectivity index (χ3v) is 4.85. The largest absolute Gasteiger partial charge is 0.342 e. The van der Waals surface area contributed by atoms with Gasteiger partial charge in [-0.05, 0) is 42.4 Å². The highest BCUT2D eigenvalue weighted by Crippen LogP contribution is 2.35. The molecule has 114 valence electrons. The number of rotatable bonds is 2. The van der Waals surface area contributed by atoms with Gasteiger partial charge in [-0.1, -0.05) is 12.5 Å². The molecule has 0 radical (unpaired) electrons. The van der Waals surface area contributed by atoms with Crippen molar-refractivity contribution in [2.24, 2.45) is 17.6 Å². The van der Waals surface area contributed by atoms with Crippen LogP contribution >= 0.6 is 0 Å². The lowest BCUT2D eigenvalue weighted by atomic mass is 9.78. The summed E-state index contributed by atoms with van der Waals surface area (Å²) < 4.78 is 26.1. The van der Waals surface area contributed by atoms with Crippen LogP contribution in [0.3, 0.4) is 0 Å². The van der Waals surface area contributed by atoms with Crippen molar-refractivity contribution in [2.45, 2.75) is 31.7 Å². The Balaban J connectivity index is 1.65.